The van der Waals surface area contributed by atoms with E-state index in [1.807, 2.05) is 0 Å². The Morgan fingerprint density at radius 2 is 1.83 bits per heavy atom. The van der Waals surface area contributed by atoms with Gasteiger partial charge in [0.2, 0.25) is 0 Å². The summed E-state index contributed by atoms with van der Waals surface area (Å²) in [6.07, 6.45) is 2.42. The van der Waals surface area contributed by atoms with Crippen LogP contribution < -0.4 is 0 Å². The van der Waals surface area contributed by atoms with Crippen molar-refractivity contribution in [1.29, 1.82) is 0 Å². The molecule has 3 heteroatoms. The average molecular weight is 249 g/mol. The highest BCUT2D eigenvalue weighted by Gasteiger charge is 2.03. The average Bonchev–Trinajstić information content (AvgIpc) is 2.39. The summed E-state index contributed by atoms with van der Waals surface area (Å²) in [5, 5.41) is 0. The van der Waals surface area contributed by atoms with Gasteiger partial charge in [0.15, 0.2) is 0 Å². The lowest BCUT2D eigenvalue weighted by Gasteiger charge is -2.16. The summed E-state index contributed by atoms with van der Waals surface area (Å²) in [4.78, 5) is 13.2. The third-order valence-electron chi connectivity index (χ3n) is 3.03. The van der Waals surface area contributed by atoms with E-state index in [0.29, 0.717) is 6.42 Å². The standard InChI is InChI=1S/C15H23NO2/c1-4-13-7-9-14(10-8-13)12-16(2)11-5-6-15(17)18-3/h7-10H,4-6,11-12H2,1-3H3. The molecule has 0 aliphatic heterocycles. The Morgan fingerprint density at radius 3 is 2.39 bits per heavy atom. The summed E-state index contributed by atoms with van der Waals surface area (Å²) in [5.74, 6) is -0.129. The first-order valence-corrected chi connectivity index (χ1v) is 6.49. The Balaban J connectivity index is 2.30. The van der Waals surface area contributed by atoms with Gasteiger partial charge in [-0.25, -0.2) is 0 Å². The van der Waals surface area contributed by atoms with Crippen molar-refractivity contribution in [3.05, 3.63) is 35.4 Å². The molecule has 0 saturated heterocycles. The predicted octanol–water partition coefficient (Wildman–Crippen LogP) is 2.63. The van der Waals surface area contributed by atoms with E-state index >= 15 is 0 Å². The van der Waals surface area contributed by atoms with Gasteiger partial charge in [-0.3, -0.25) is 4.79 Å². The minimum Gasteiger partial charge on any atom is -0.469 e. The number of rotatable bonds is 7. The molecule has 1 aromatic rings. The molecule has 0 N–H and O–H groups in total. The van der Waals surface area contributed by atoms with E-state index < -0.39 is 0 Å². The van der Waals surface area contributed by atoms with Gasteiger partial charge in [-0.15, -0.1) is 0 Å². The molecular weight excluding hydrogens is 226 g/mol. The highest BCUT2D eigenvalue weighted by Crippen LogP contribution is 2.08. The van der Waals surface area contributed by atoms with E-state index in [9.17, 15) is 4.79 Å². The molecule has 18 heavy (non-hydrogen) atoms. The third-order valence-corrected chi connectivity index (χ3v) is 3.03. The fourth-order valence-corrected chi connectivity index (χ4v) is 1.87. The minimum absolute atomic E-state index is 0.129. The molecule has 0 fully saturated rings. The van der Waals surface area contributed by atoms with Gasteiger partial charge in [-0.05, 0) is 37.6 Å². The molecule has 0 radical (unpaired) electrons. The summed E-state index contributed by atoms with van der Waals surface area (Å²) in [6.45, 7) is 3.99. The lowest BCUT2D eigenvalue weighted by atomic mass is 10.1. The first kappa shape index (κ1) is 14.7. The molecule has 1 rings (SSSR count). The van der Waals surface area contributed by atoms with E-state index in [1.165, 1.54) is 18.2 Å². The first-order chi connectivity index (χ1) is 8.65. The number of ether oxygens (including phenoxy) is 1. The zero-order chi connectivity index (χ0) is 13.4. The summed E-state index contributed by atoms with van der Waals surface area (Å²) >= 11 is 0. The fourth-order valence-electron chi connectivity index (χ4n) is 1.87. The zero-order valence-electron chi connectivity index (χ0n) is 11.6. The minimum atomic E-state index is -0.129. The molecule has 0 aromatic heterocycles. The Kier molecular flexibility index (Phi) is 6.44. The molecule has 0 spiro atoms. The molecule has 0 saturated carbocycles. The summed E-state index contributed by atoms with van der Waals surface area (Å²) < 4.78 is 4.62. The van der Waals surface area contributed by atoms with Crippen molar-refractivity contribution in [2.75, 3.05) is 20.7 Å². The van der Waals surface area contributed by atoms with Gasteiger partial charge in [0.25, 0.3) is 0 Å². The van der Waals surface area contributed by atoms with Gasteiger partial charge < -0.3 is 9.64 Å². The van der Waals surface area contributed by atoms with Crippen LogP contribution in [0.15, 0.2) is 24.3 Å². The van der Waals surface area contributed by atoms with E-state index in [4.69, 9.17) is 0 Å². The number of nitrogens with zero attached hydrogens (tertiary/aromatic N) is 1. The van der Waals surface area contributed by atoms with E-state index in [1.54, 1.807) is 0 Å². The molecule has 3 nitrogen and oxygen atoms in total. The van der Waals surface area contributed by atoms with E-state index in [-0.39, 0.29) is 5.97 Å². The lowest BCUT2D eigenvalue weighted by molar-refractivity contribution is -0.140. The molecule has 0 unspecified atom stereocenters. The molecule has 0 atom stereocenters. The van der Waals surface area contributed by atoms with Crippen molar-refractivity contribution in [3.63, 3.8) is 0 Å². The van der Waals surface area contributed by atoms with Crippen LogP contribution in [0.5, 0.6) is 0 Å². The second kappa shape index (κ2) is 7.88. The van der Waals surface area contributed by atoms with E-state index in [0.717, 1.165) is 25.9 Å². The molecule has 0 aliphatic rings. The number of hydrogen-bond donors (Lipinski definition) is 0. The Morgan fingerprint density at radius 1 is 1.22 bits per heavy atom. The summed E-state index contributed by atoms with van der Waals surface area (Å²) in [6, 6.07) is 8.71. The van der Waals surface area contributed by atoms with Gasteiger partial charge in [-0.1, -0.05) is 31.2 Å². The van der Waals surface area contributed by atoms with Gasteiger partial charge in [0.05, 0.1) is 7.11 Å². The number of carbonyl (C=O) groups excluding carboxylic acids is 1. The molecule has 0 heterocycles. The summed E-state index contributed by atoms with van der Waals surface area (Å²) in [5.41, 5.74) is 2.68. The van der Waals surface area contributed by atoms with Crippen molar-refractivity contribution in [1.82, 2.24) is 4.90 Å². The van der Waals surface area contributed by atoms with Crippen LogP contribution in [0.25, 0.3) is 0 Å². The highest BCUT2D eigenvalue weighted by atomic mass is 16.5. The molecule has 1 aromatic carbocycles. The van der Waals surface area contributed by atoms with Gasteiger partial charge in [-0.2, -0.15) is 0 Å². The van der Waals surface area contributed by atoms with Crippen LogP contribution >= 0.6 is 0 Å². The van der Waals surface area contributed by atoms with Crippen molar-refractivity contribution < 1.29 is 9.53 Å². The van der Waals surface area contributed by atoms with E-state index in [2.05, 4.69) is 47.9 Å². The highest BCUT2D eigenvalue weighted by molar-refractivity contribution is 5.69. The number of esters is 1. The smallest absolute Gasteiger partial charge is 0.305 e. The van der Waals surface area contributed by atoms with Crippen LogP contribution in [-0.4, -0.2) is 31.6 Å². The number of methoxy groups -OCH3 is 1. The first-order valence-electron chi connectivity index (χ1n) is 6.49. The molecule has 100 valence electrons. The van der Waals surface area contributed by atoms with Crippen molar-refractivity contribution in [3.8, 4) is 0 Å². The number of aryl methyl sites for hydroxylation is 1. The summed E-state index contributed by atoms with van der Waals surface area (Å²) in [7, 11) is 3.51. The number of carbonyl (C=O) groups is 1. The van der Waals surface area contributed by atoms with Crippen LogP contribution in [0.2, 0.25) is 0 Å². The Bertz CT molecular complexity index is 359. The molecular formula is C15H23NO2. The number of benzene rings is 1. The monoisotopic (exact) mass is 249 g/mol. The Hall–Kier alpha value is -1.35. The van der Waals surface area contributed by atoms with Crippen LogP contribution in [0.4, 0.5) is 0 Å². The molecule has 0 amide bonds. The zero-order valence-corrected chi connectivity index (χ0v) is 11.6. The normalized spacial score (nSPS) is 10.7. The Labute approximate surface area is 110 Å². The van der Waals surface area contributed by atoms with Crippen molar-refractivity contribution in [2.45, 2.75) is 32.7 Å². The molecule has 0 bridgehead atoms. The molecule has 0 aliphatic carbocycles. The number of hydrogen-bond acceptors (Lipinski definition) is 3. The quantitative estimate of drug-likeness (QED) is 0.696. The van der Waals surface area contributed by atoms with Crippen LogP contribution in [0, 0.1) is 0 Å². The van der Waals surface area contributed by atoms with Gasteiger partial charge in [0, 0.05) is 13.0 Å². The van der Waals surface area contributed by atoms with Crippen LogP contribution in [-0.2, 0) is 22.5 Å². The van der Waals surface area contributed by atoms with Crippen molar-refractivity contribution >= 4 is 5.97 Å². The predicted molar refractivity (Wildman–Crippen MR) is 73.4 cm³/mol. The van der Waals surface area contributed by atoms with Crippen LogP contribution in [0.1, 0.15) is 30.9 Å². The second-order valence-corrected chi connectivity index (χ2v) is 4.59. The lowest BCUT2D eigenvalue weighted by Crippen LogP contribution is -2.20. The fraction of sp³-hybridized carbons (Fsp3) is 0.533. The second-order valence-electron chi connectivity index (χ2n) is 4.59. The maximum atomic E-state index is 11.0. The van der Waals surface area contributed by atoms with Gasteiger partial charge >= 0.3 is 5.97 Å². The SMILES string of the molecule is CCc1ccc(CN(C)CCCC(=O)OC)cc1. The van der Waals surface area contributed by atoms with Crippen LogP contribution in [0.3, 0.4) is 0 Å². The maximum absolute atomic E-state index is 11.0. The maximum Gasteiger partial charge on any atom is 0.305 e. The topological polar surface area (TPSA) is 29.5 Å². The largest absolute Gasteiger partial charge is 0.469 e. The third kappa shape index (κ3) is 5.32. The van der Waals surface area contributed by atoms with Gasteiger partial charge in [0.1, 0.15) is 0 Å². The van der Waals surface area contributed by atoms with Crippen molar-refractivity contribution in [2.24, 2.45) is 0 Å².